The average molecular weight is 319 g/mol. The number of hydrogen-bond donors (Lipinski definition) is 2. The van der Waals surface area contributed by atoms with Crippen LogP contribution in [0.2, 0.25) is 0 Å². The first-order chi connectivity index (χ1) is 10.8. The molecule has 0 heterocycles. The van der Waals surface area contributed by atoms with Crippen LogP contribution < -0.4 is 10.7 Å². The summed E-state index contributed by atoms with van der Waals surface area (Å²) in [5, 5.41) is 6.27. The van der Waals surface area contributed by atoms with Gasteiger partial charge in [0.25, 0.3) is 0 Å². The molecule has 0 unspecified atom stereocenters. The van der Waals surface area contributed by atoms with Crippen LogP contribution in [0.15, 0.2) is 29.4 Å². The molecule has 0 aliphatic heterocycles. The van der Waals surface area contributed by atoms with Crippen molar-refractivity contribution in [3.8, 4) is 0 Å². The first-order valence-corrected chi connectivity index (χ1v) is 7.55. The molecule has 0 spiro atoms. The molecule has 0 saturated heterocycles. The minimum absolute atomic E-state index is 0.0881. The lowest BCUT2D eigenvalue weighted by atomic mass is 9.87. The molecule has 0 aliphatic carbocycles. The summed E-state index contributed by atoms with van der Waals surface area (Å²) in [7, 11) is 1.58. The first kappa shape index (κ1) is 18.8. The molecule has 2 amide bonds. The van der Waals surface area contributed by atoms with E-state index in [0.717, 1.165) is 5.56 Å². The molecule has 0 bridgehead atoms. The number of carbonyl (C=O) groups is 2. The Bertz CT molecular complexity index is 545. The predicted molar refractivity (Wildman–Crippen MR) is 90.4 cm³/mol. The van der Waals surface area contributed by atoms with E-state index in [1.54, 1.807) is 7.11 Å². The third kappa shape index (κ3) is 7.06. The predicted octanol–water partition coefficient (Wildman–Crippen LogP) is 1.59. The van der Waals surface area contributed by atoms with Gasteiger partial charge >= 0.3 is 11.8 Å². The van der Waals surface area contributed by atoms with Crippen molar-refractivity contribution in [2.24, 2.45) is 5.10 Å². The largest absolute Gasteiger partial charge is 0.385 e. The van der Waals surface area contributed by atoms with Crippen LogP contribution >= 0.6 is 0 Å². The second-order valence-electron chi connectivity index (χ2n) is 6.17. The van der Waals surface area contributed by atoms with Crippen molar-refractivity contribution in [2.75, 3.05) is 20.3 Å². The molecule has 0 atom stereocenters. The van der Waals surface area contributed by atoms with Crippen LogP contribution in [0.25, 0.3) is 0 Å². The number of hydrazone groups is 1. The summed E-state index contributed by atoms with van der Waals surface area (Å²) in [6.45, 7) is 7.34. The molecule has 1 aromatic rings. The third-order valence-electron chi connectivity index (χ3n) is 3.17. The van der Waals surface area contributed by atoms with Crippen molar-refractivity contribution < 1.29 is 14.3 Å². The van der Waals surface area contributed by atoms with Crippen LogP contribution in [0, 0.1) is 0 Å². The van der Waals surface area contributed by atoms with E-state index in [2.05, 4.69) is 36.6 Å². The van der Waals surface area contributed by atoms with Gasteiger partial charge in [0.05, 0.1) is 6.21 Å². The molecule has 1 rings (SSSR count). The zero-order chi connectivity index (χ0) is 17.3. The van der Waals surface area contributed by atoms with Gasteiger partial charge in [-0.15, -0.1) is 0 Å². The Kier molecular flexibility index (Phi) is 7.41. The maximum atomic E-state index is 11.5. The fourth-order valence-corrected chi connectivity index (χ4v) is 1.78. The minimum Gasteiger partial charge on any atom is -0.385 e. The Balaban J connectivity index is 2.43. The lowest BCUT2D eigenvalue weighted by Crippen LogP contribution is -2.38. The topological polar surface area (TPSA) is 79.8 Å². The van der Waals surface area contributed by atoms with E-state index < -0.39 is 11.8 Å². The SMILES string of the molecule is COCCCNC(=O)C(=O)N/N=C\c1ccc(C(C)(C)C)cc1. The minimum atomic E-state index is -0.787. The molecule has 1 aromatic carbocycles. The normalized spacial score (nSPS) is 11.5. The van der Waals surface area contributed by atoms with Crippen LogP contribution in [-0.2, 0) is 19.7 Å². The van der Waals surface area contributed by atoms with Crippen LogP contribution in [0.1, 0.15) is 38.3 Å². The van der Waals surface area contributed by atoms with Gasteiger partial charge in [-0.2, -0.15) is 5.10 Å². The number of carbonyl (C=O) groups excluding carboxylic acids is 2. The molecule has 0 radical (unpaired) electrons. The van der Waals surface area contributed by atoms with Crippen molar-refractivity contribution in [1.82, 2.24) is 10.7 Å². The van der Waals surface area contributed by atoms with E-state index in [1.165, 1.54) is 11.8 Å². The van der Waals surface area contributed by atoms with Crippen molar-refractivity contribution >= 4 is 18.0 Å². The Labute approximate surface area is 137 Å². The Morgan fingerprint density at radius 1 is 1.17 bits per heavy atom. The highest BCUT2D eigenvalue weighted by Crippen LogP contribution is 2.21. The Morgan fingerprint density at radius 3 is 2.39 bits per heavy atom. The van der Waals surface area contributed by atoms with Gasteiger partial charge in [0, 0.05) is 20.3 Å². The highest BCUT2D eigenvalue weighted by molar-refractivity contribution is 6.35. The standard InChI is InChI=1S/C17H25N3O3/c1-17(2,3)14-8-6-13(7-9-14)12-19-20-16(22)15(21)18-10-5-11-23-4/h6-9,12H,5,10-11H2,1-4H3,(H,18,21)(H,20,22)/b19-12-. The van der Waals surface area contributed by atoms with Crippen LogP contribution in [0.5, 0.6) is 0 Å². The van der Waals surface area contributed by atoms with Gasteiger partial charge < -0.3 is 10.1 Å². The molecule has 6 heteroatoms. The lowest BCUT2D eigenvalue weighted by Gasteiger charge is -2.18. The van der Waals surface area contributed by atoms with E-state index in [1.807, 2.05) is 24.3 Å². The highest BCUT2D eigenvalue weighted by atomic mass is 16.5. The fourth-order valence-electron chi connectivity index (χ4n) is 1.78. The summed E-state index contributed by atoms with van der Waals surface area (Å²) in [6.07, 6.45) is 2.15. The first-order valence-electron chi connectivity index (χ1n) is 7.55. The second-order valence-corrected chi connectivity index (χ2v) is 6.17. The van der Waals surface area contributed by atoms with Gasteiger partial charge in [0.1, 0.15) is 0 Å². The van der Waals surface area contributed by atoms with Gasteiger partial charge in [-0.1, -0.05) is 45.0 Å². The zero-order valence-electron chi connectivity index (χ0n) is 14.2. The maximum absolute atomic E-state index is 11.5. The van der Waals surface area contributed by atoms with Crippen molar-refractivity contribution in [1.29, 1.82) is 0 Å². The lowest BCUT2D eigenvalue weighted by molar-refractivity contribution is -0.139. The monoisotopic (exact) mass is 319 g/mol. The van der Waals surface area contributed by atoms with Gasteiger partial charge in [-0.05, 0) is 23.0 Å². The number of methoxy groups -OCH3 is 1. The summed E-state index contributed by atoms with van der Waals surface area (Å²) in [5.74, 6) is -1.49. The number of nitrogens with one attached hydrogen (secondary N) is 2. The van der Waals surface area contributed by atoms with E-state index in [4.69, 9.17) is 4.74 Å². The molecular weight excluding hydrogens is 294 g/mol. The Hall–Kier alpha value is -2.21. The molecule has 23 heavy (non-hydrogen) atoms. The van der Waals surface area contributed by atoms with E-state index in [0.29, 0.717) is 19.6 Å². The summed E-state index contributed by atoms with van der Waals surface area (Å²) in [4.78, 5) is 23.0. The second kappa shape index (κ2) is 9.05. The molecule has 0 aromatic heterocycles. The molecule has 6 nitrogen and oxygen atoms in total. The summed E-state index contributed by atoms with van der Waals surface area (Å²) >= 11 is 0. The number of ether oxygens (including phenoxy) is 1. The highest BCUT2D eigenvalue weighted by Gasteiger charge is 2.13. The quantitative estimate of drug-likeness (QED) is 0.362. The smallest absolute Gasteiger partial charge is 0.329 e. The number of nitrogens with zero attached hydrogens (tertiary/aromatic N) is 1. The van der Waals surface area contributed by atoms with Gasteiger partial charge in [-0.3, -0.25) is 9.59 Å². The van der Waals surface area contributed by atoms with Gasteiger partial charge in [0.2, 0.25) is 0 Å². The van der Waals surface area contributed by atoms with Crippen LogP contribution in [0.3, 0.4) is 0 Å². The van der Waals surface area contributed by atoms with Crippen LogP contribution in [-0.4, -0.2) is 38.3 Å². The average Bonchev–Trinajstić information content (AvgIpc) is 2.51. The number of benzene rings is 1. The summed E-state index contributed by atoms with van der Waals surface area (Å²) in [6, 6.07) is 7.87. The molecule has 0 fully saturated rings. The molecule has 126 valence electrons. The molecular formula is C17H25N3O3. The zero-order valence-corrected chi connectivity index (χ0v) is 14.2. The van der Waals surface area contributed by atoms with Gasteiger partial charge in [0.15, 0.2) is 0 Å². The molecule has 0 aliphatic rings. The number of rotatable bonds is 6. The van der Waals surface area contributed by atoms with E-state index in [-0.39, 0.29) is 5.41 Å². The van der Waals surface area contributed by atoms with Gasteiger partial charge in [-0.25, -0.2) is 5.43 Å². The molecule has 0 saturated carbocycles. The maximum Gasteiger partial charge on any atom is 0.329 e. The molecule has 2 N–H and O–H groups in total. The van der Waals surface area contributed by atoms with E-state index >= 15 is 0 Å². The fraction of sp³-hybridized carbons (Fsp3) is 0.471. The Morgan fingerprint density at radius 2 is 1.83 bits per heavy atom. The van der Waals surface area contributed by atoms with Crippen LogP contribution in [0.4, 0.5) is 0 Å². The third-order valence-corrected chi connectivity index (χ3v) is 3.17. The number of amides is 2. The number of hydrogen-bond acceptors (Lipinski definition) is 4. The van der Waals surface area contributed by atoms with Crippen molar-refractivity contribution in [2.45, 2.75) is 32.6 Å². The van der Waals surface area contributed by atoms with Crippen molar-refractivity contribution in [3.63, 3.8) is 0 Å². The summed E-state index contributed by atoms with van der Waals surface area (Å²) in [5.41, 5.74) is 4.35. The summed E-state index contributed by atoms with van der Waals surface area (Å²) < 4.78 is 4.85. The van der Waals surface area contributed by atoms with E-state index in [9.17, 15) is 9.59 Å². The van der Waals surface area contributed by atoms with Crippen molar-refractivity contribution in [3.05, 3.63) is 35.4 Å².